The Morgan fingerprint density at radius 2 is 1.71 bits per heavy atom. The van der Waals surface area contributed by atoms with Crippen molar-refractivity contribution in [3.05, 3.63) is 77.6 Å². The molecule has 2 heterocycles. The average molecular weight is 716 g/mol. The molecule has 2 aromatic carbocycles. The lowest BCUT2D eigenvalue weighted by atomic mass is 9.75. The third kappa shape index (κ3) is 8.88. The van der Waals surface area contributed by atoms with Crippen molar-refractivity contribution in [3.63, 3.8) is 0 Å². The van der Waals surface area contributed by atoms with Crippen LogP contribution in [-0.2, 0) is 30.4 Å². The first kappa shape index (κ1) is 38.0. The Kier molecular flexibility index (Phi) is 11.3. The van der Waals surface area contributed by atoms with E-state index >= 15 is 0 Å². The monoisotopic (exact) mass is 715 g/mol. The first-order valence-corrected chi connectivity index (χ1v) is 19.4. The standard InChI is InChI=1S/C36H46N2O9S2/c1-7-37(8-2)26-15-17-28-25(22-33(35(3,4)5)47-31(28)23-26)12-9-13-32-36(6,19-10-14-34(39)40)29-24-27(49(44,45)46)16-18-30(29)38(32)20-11-21-48(41,42)43/h9,12-13,15-18,22-24H,7-8,10-11,14,19-21H2,1-6H3,(H2-,39,40,41,42,43,44,45,46)/p+1. The number of hydrogen-bond donors (Lipinski definition) is 3. The maximum absolute atomic E-state index is 12.2. The topological polar surface area (TPSA) is 162 Å². The Morgan fingerprint density at radius 1 is 1.02 bits per heavy atom. The van der Waals surface area contributed by atoms with Crippen LogP contribution in [0, 0.1) is 5.41 Å². The highest BCUT2D eigenvalue weighted by Crippen LogP contribution is 2.45. The molecule has 2 aliphatic rings. The average Bonchev–Trinajstić information content (AvgIpc) is 3.22. The van der Waals surface area contributed by atoms with Gasteiger partial charge >= 0.3 is 5.97 Å². The van der Waals surface area contributed by atoms with E-state index in [9.17, 15) is 35.8 Å². The molecule has 0 fully saturated rings. The minimum absolute atomic E-state index is 0.0687. The van der Waals surface area contributed by atoms with Crippen LogP contribution in [0.2, 0.25) is 0 Å². The molecule has 2 aliphatic heterocycles. The van der Waals surface area contributed by atoms with Crippen LogP contribution in [0.25, 0.3) is 5.57 Å². The highest BCUT2D eigenvalue weighted by atomic mass is 32.2. The van der Waals surface area contributed by atoms with Gasteiger partial charge in [-0.25, -0.2) is 0 Å². The zero-order valence-corrected chi connectivity index (χ0v) is 30.6. The fraction of sp³-hybridized carbons (Fsp3) is 0.444. The van der Waals surface area contributed by atoms with E-state index in [1.54, 1.807) is 6.07 Å². The number of anilines is 1. The summed E-state index contributed by atoms with van der Waals surface area (Å²) in [6.45, 7) is 14.2. The molecule has 1 atom stereocenters. The SMILES string of the molecule is CCN(CC)c1ccc2c(c1)OC(C(C)(C)C)=C/C2=C\C=C\C1=[N+](CCCS(=O)(=O)O)c2ccc(S(=O)(=O)O)cc2C1(C)CCCC(=O)O. The van der Waals surface area contributed by atoms with Crippen molar-refractivity contribution in [2.75, 3.05) is 30.3 Å². The molecule has 3 N–H and O–H groups in total. The van der Waals surface area contributed by atoms with Gasteiger partial charge in [0, 0.05) is 66.4 Å². The van der Waals surface area contributed by atoms with Crippen molar-refractivity contribution in [2.24, 2.45) is 5.41 Å². The van der Waals surface area contributed by atoms with Crippen LogP contribution in [0.5, 0.6) is 5.75 Å². The van der Waals surface area contributed by atoms with E-state index in [0.29, 0.717) is 23.4 Å². The fourth-order valence-corrected chi connectivity index (χ4v) is 7.43. The van der Waals surface area contributed by atoms with Crippen molar-refractivity contribution in [1.82, 2.24) is 0 Å². The van der Waals surface area contributed by atoms with E-state index in [0.717, 1.165) is 41.4 Å². The first-order valence-electron chi connectivity index (χ1n) is 16.4. The van der Waals surface area contributed by atoms with Crippen molar-refractivity contribution in [2.45, 2.75) is 77.5 Å². The molecule has 0 radical (unpaired) electrons. The third-order valence-electron chi connectivity index (χ3n) is 9.04. The Labute approximate surface area is 289 Å². The maximum atomic E-state index is 12.2. The molecule has 13 heteroatoms. The predicted molar refractivity (Wildman–Crippen MR) is 191 cm³/mol. The lowest BCUT2D eigenvalue weighted by molar-refractivity contribution is -0.437. The van der Waals surface area contributed by atoms with Crippen LogP contribution in [0.3, 0.4) is 0 Å². The van der Waals surface area contributed by atoms with Gasteiger partial charge in [-0.1, -0.05) is 32.9 Å². The molecule has 0 bridgehead atoms. The van der Waals surface area contributed by atoms with Crippen LogP contribution >= 0.6 is 0 Å². The number of rotatable bonds is 14. The number of carboxylic acid groups (broad SMARTS) is 1. The van der Waals surface area contributed by atoms with E-state index in [1.165, 1.54) is 12.1 Å². The summed E-state index contributed by atoms with van der Waals surface area (Å²) in [4.78, 5) is 13.4. The number of carboxylic acids is 1. The zero-order valence-electron chi connectivity index (χ0n) is 28.9. The number of benzene rings is 2. The molecular weight excluding hydrogens is 669 g/mol. The van der Waals surface area contributed by atoms with Gasteiger partial charge in [0.1, 0.15) is 18.1 Å². The summed E-state index contributed by atoms with van der Waals surface area (Å²) in [6, 6.07) is 10.4. The van der Waals surface area contributed by atoms with Gasteiger partial charge in [0.15, 0.2) is 5.71 Å². The number of ether oxygens (including phenoxy) is 1. The van der Waals surface area contributed by atoms with Crippen LogP contribution in [0.15, 0.2) is 71.4 Å². The van der Waals surface area contributed by atoms with Crippen molar-refractivity contribution in [3.8, 4) is 5.75 Å². The molecule has 11 nitrogen and oxygen atoms in total. The highest BCUT2D eigenvalue weighted by molar-refractivity contribution is 7.86. The van der Waals surface area contributed by atoms with Crippen LogP contribution < -0.4 is 9.64 Å². The van der Waals surface area contributed by atoms with Gasteiger partial charge in [0.2, 0.25) is 5.69 Å². The minimum atomic E-state index is -4.55. The quantitative estimate of drug-likeness (QED) is 0.143. The summed E-state index contributed by atoms with van der Waals surface area (Å²) in [5.74, 6) is 0.0793. The number of carbonyl (C=O) groups is 1. The summed E-state index contributed by atoms with van der Waals surface area (Å²) >= 11 is 0. The molecule has 0 amide bonds. The van der Waals surface area contributed by atoms with E-state index in [1.807, 2.05) is 47.9 Å². The van der Waals surface area contributed by atoms with Crippen molar-refractivity contribution < 1.29 is 45.2 Å². The third-order valence-corrected chi connectivity index (χ3v) is 10.7. The van der Waals surface area contributed by atoms with Gasteiger partial charge in [-0.05, 0) is 69.5 Å². The Hall–Kier alpha value is -3.78. The van der Waals surface area contributed by atoms with Gasteiger partial charge in [-0.15, -0.1) is 0 Å². The molecule has 0 spiro atoms. The molecule has 0 saturated heterocycles. The molecule has 0 aliphatic carbocycles. The smallest absolute Gasteiger partial charge is 0.303 e. The normalized spacial score (nSPS) is 18.8. The lowest BCUT2D eigenvalue weighted by Gasteiger charge is -2.30. The molecule has 2 aromatic rings. The fourth-order valence-electron chi connectivity index (χ4n) is 6.43. The summed E-state index contributed by atoms with van der Waals surface area (Å²) in [5, 5.41) is 9.40. The number of fused-ring (bicyclic) bond motifs is 2. The molecule has 266 valence electrons. The molecular formula is C36H47N2O9S2+. The van der Waals surface area contributed by atoms with E-state index in [2.05, 4.69) is 45.6 Å². The van der Waals surface area contributed by atoms with Crippen LogP contribution in [-0.4, -0.2) is 72.7 Å². The second-order valence-corrected chi connectivity index (χ2v) is 16.6. The number of allylic oxidation sites excluding steroid dienone is 6. The Morgan fingerprint density at radius 3 is 2.31 bits per heavy atom. The van der Waals surface area contributed by atoms with Crippen LogP contribution in [0.1, 0.15) is 78.4 Å². The molecule has 4 rings (SSSR count). The molecule has 0 saturated carbocycles. The van der Waals surface area contributed by atoms with Gasteiger partial charge in [-0.2, -0.15) is 21.4 Å². The largest absolute Gasteiger partial charge is 0.481 e. The Balaban J connectivity index is 1.88. The summed E-state index contributed by atoms with van der Waals surface area (Å²) in [6.07, 6.45) is 8.26. The summed E-state index contributed by atoms with van der Waals surface area (Å²) in [5.41, 5.74) is 3.52. The van der Waals surface area contributed by atoms with Crippen molar-refractivity contribution in [1.29, 1.82) is 0 Å². The lowest BCUT2D eigenvalue weighted by Crippen LogP contribution is -2.32. The minimum Gasteiger partial charge on any atom is -0.481 e. The second kappa shape index (κ2) is 14.6. The zero-order chi connectivity index (χ0) is 36.4. The maximum Gasteiger partial charge on any atom is 0.303 e. The highest BCUT2D eigenvalue weighted by Gasteiger charge is 2.48. The summed E-state index contributed by atoms with van der Waals surface area (Å²) in [7, 11) is -8.79. The molecule has 49 heavy (non-hydrogen) atoms. The number of hydrogen-bond acceptors (Lipinski definition) is 7. The first-order chi connectivity index (χ1) is 22.8. The molecule has 0 aromatic heterocycles. The van der Waals surface area contributed by atoms with E-state index in [-0.39, 0.29) is 36.1 Å². The summed E-state index contributed by atoms with van der Waals surface area (Å²) < 4.78 is 75.1. The predicted octanol–water partition coefficient (Wildman–Crippen LogP) is 6.63. The van der Waals surface area contributed by atoms with Gasteiger partial charge in [-0.3, -0.25) is 13.9 Å². The van der Waals surface area contributed by atoms with Gasteiger partial charge < -0.3 is 14.7 Å². The van der Waals surface area contributed by atoms with E-state index < -0.39 is 37.4 Å². The molecule has 1 unspecified atom stereocenters. The Bertz CT molecular complexity index is 1950. The van der Waals surface area contributed by atoms with E-state index in [4.69, 9.17) is 4.74 Å². The van der Waals surface area contributed by atoms with Crippen LogP contribution in [0.4, 0.5) is 11.4 Å². The van der Waals surface area contributed by atoms with Gasteiger partial charge in [0.05, 0.1) is 16.1 Å². The van der Waals surface area contributed by atoms with Gasteiger partial charge in [0.25, 0.3) is 20.2 Å². The second-order valence-electron chi connectivity index (χ2n) is 13.6. The van der Waals surface area contributed by atoms with Crippen molar-refractivity contribution >= 4 is 48.9 Å². The number of nitrogens with zero attached hydrogens (tertiary/aromatic N) is 2. The number of aliphatic carboxylic acids is 1.